The monoisotopic (exact) mass is 684 g/mol. The first-order valence-electron chi connectivity index (χ1n) is 16.7. The number of carbonyl (C=O) groups is 2. The highest BCUT2D eigenvalue weighted by Crippen LogP contribution is 2.47. The molecule has 3 amide bonds. The van der Waals surface area contributed by atoms with Crippen LogP contribution in [0.1, 0.15) is 66.4 Å². The Bertz CT molecular complexity index is 1700. The van der Waals surface area contributed by atoms with Gasteiger partial charge in [-0.2, -0.15) is 0 Å². The molecule has 0 radical (unpaired) electrons. The van der Waals surface area contributed by atoms with Crippen molar-refractivity contribution in [2.75, 3.05) is 30.9 Å². The first-order chi connectivity index (χ1) is 22.7. The van der Waals surface area contributed by atoms with Gasteiger partial charge in [-0.3, -0.25) is 9.52 Å². The number of halogens is 2. The molecule has 0 aromatic heterocycles. The highest BCUT2D eigenvalue weighted by molar-refractivity contribution is 7.92. The number of nitrogens with one attached hydrogen (secondary N) is 2. The Labute approximate surface area is 280 Å². The Morgan fingerprint density at radius 1 is 1.15 bits per heavy atom. The van der Waals surface area contributed by atoms with E-state index in [1.54, 1.807) is 25.3 Å². The van der Waals surface area contributed by atoms with E-state index in [1.165, 1.54) is 11.1 Å². The molecule has 7 rings (SSSR count). The number of carbonyl (C=O) groups excluding carboxylic acids is 2. The molecule has 9 nitrogen and oxygen atoms in total. The van der Waals surface area contributed by atoms with Crippen LogP contribution in [0.5, 0.6) is 5.75 Å². The Hall–Kier alpha value is -3.15. The van der Waals surface area contributed by atoms with Gasteiger partial charge in [0, 0.05) is 36.8 Å². The van der Waals surface area contributed by atoms with Crippen molar-refractivity contribution in [3.8, 4) is 5.75 Å². The van der Waals surface area contributed by atoms with Gasteiger partial charge in [0.15, 0.2) is 0 Å². The third-order valence-electron chi connectivity index (χ3n) is 10.5. The van der Waals surface area contributed by atoms with E-state index in [2.05, 4.69) is 37.5 Å². The number of benzene rings is 2. The topological polar surface area (TPSA) is 109 Å². The van der Waals surface area contributed by atoms with Gasteiger partial charge in [0.2, 0.25) is 0 Å². The second-order valence-corrected chi connectivity index (χ2v) is 16.1. The molecule has 2 aromatic rings. The number of alkyl halides is 1. The maximum absolute atomic E-state index is 14.4. The van der Waals surface area contributed by atoms with E-state index in [0.29, 0.717) is 36.3 Å². The number of allylic oxidation sites excluding steroid dienone is 1. The fraction of sp³-hybridized carbons (Fsp3) is 0.543. The number of aryl methyl sites for hydroxylation is 1. The molecule has 2 N–H and O–H groups in total. The van der Waals surface area contributed by atoms with Gasteiger partial charge in [-0.25, -0.2) is 13.4 Å². The summed E-state index contributed by atoms with van der Waals surface area (Å²) in [4.78, 5) is 29.1. The number of amides is 3. The fourth-order valence-corrected chi connectivity index (χ4v) is 9.63. The van der Waals surface area contributed by atoms with Crippen molar-refractivity contribution in [2.45, 2.75) is 76.2 Å². The van der Waals surface area contributed by atoms with Crippen LogP contribution in [0, 0.1) is 17.8 Å². The van der Waals surface area contributed by atoms with Gasteiger partial charge in [-0.1, -0.05) is 23.7 Å². The lowest BCUT2D eigenvalue weighted by molar-refractivity contribution is -0.00132. The summed E-state index contributed by atoms with van der Waals surface area (Å²) in [6.07, 6.45) is 6.84. The molecule has 2 bridgehead atoms. The number of fused-ring (bicyclic) bond motifs is 4. The minimum Gasteiger partial charge on any atom is -0.491 e. The third kappa shape index (κ3) is 6.89. The van der Waals surface area contributed by atoms with Crippen molar-refractivity contribution in [1.29, 1.82) is 0 Å². The largest absolute Gasteiger partial charge is 0.491 e. The zero-order valence-electron chi connectivity index (χ0n) is 26.6. The van der Waals surface area contributed by atoms with Gasteiger partial charge in [0.05, 0.1) is 24.2 Å². The van der Waals surface area contributed by atoms with Crippen molar-refractivity contribution in [1.82, 2.24) is 10.0 Å². The molecule has 1 unspecified atom stereocenters. The summed E-state index contributed by atoms with van der Waals surface area (Å²) in [5.74, 6) is 0.401. The molecule has 3 aliphatic carbocycles. The number of hydrogen-bond donors (Lipinski definition) is 2. The lowest BCUT2D eigenvalue weighted by Gasteiger charge is -2.47. The molecule has 0 spiro atoms. The maximum Gasteiger partial charge on any atom is 0.327 e. The van der Waals surface area contributed by atoms with Crippen LogP contribution < -0.4 is 19.7 Å². The smallest absolute Gasteiger partial charge is 0.327 e. The maximum atomic E-state index is 14.4. The van der Waals surface area contributed by atoms with Crippen LogP contribution in [0.3, 0.4) is 0 Å². The van der Waals surface area contributed by atoms with E-state index in [1.807, 2.05) is 6.07 Å². The Balaban J connectivity index is 1.30. The molecule has 5 atom stereocenters. The number of ether oxygens (including phenoxy) is 2. The summed E-state index contributed by atoms with van der Waals surface area (Å²) in [7, 11) is -1.84. The fourth-order valence-electron chi connectivity index (χ4n) is 7.64. The number of hydrogen-bond acceptors (Lipinski definition) is 6. The van der Waals surface area contributed by atoms with Crippen LogP contribution in [-0.2, 0) is 27.6 Å². The van der Waals surface area contributed by atoms with E-state index in [0.717, 1.165) is 49.9 Å². The van der Waals surface area contributed by atoms with Gasteiger partial charge in [-0.15, -0.1) is 4.36 Å². The van der Waals surface area contributed by atoms with Crippen LogP contribution in [0.25, 0.3) is 0 Å². The first-order valence-corrected chi connectivity index (χ1v) is 18.8. The zero-order valence-corrected chi connectivity index (χ0v) is 28.2. The normalized spacial score (nSPS) is 31.9. The zero-order chi connectivity index (χ0) is 32.7. The lowest BCUT2D eigenvalue weighted by Crippen LogP contribution is -2.51. The molecule has 252 valence electrons. The van der Waals surface area contributed by atoms with Gasteiger partial charge in [0.1, 0.15) is 21.8 Å². The van der Waals surface area contributed by atoms with Gasteiger partial charge < -0.3 is 19.7 Å². The summed E-state index contributed by atoms with van der Waals surface area (Å²) in [6, 6.07) is 10.3. The van der Waals surface area contributed by atoms with E-state index < -0.39 is 28.0 Å². The molecule has 2 fully saturated rings. The molecule has 0 saturated heterocycles. The summed E-state index contributed by atoms with van der Waals surface area (Å²) in [5, 5.41) is 3.40. The highest BCUT2D eigenvalue weighted by atomic mass is 35.5. The lowest BCUT2D eigenvalue weighted by atomic mass is 9.65. The summed E-state index contributed by atoms with van der Waals surface area (Å²) in [6.45, 7) is 1.87. The van der Waals surface area contributed by atoms with Crippen molar-refractivity contribution in [2.24, 2.45) is 22.1 Å². The average Bonchev–Trinajstić information content (AvgIpc) is 3.02. The number of rotatable bonds is 3. The van der Waals surface area contributed by atoms with E-state index >= 15 is 0 Å². The van der Waals surface area contributed by atoms with Gasteiger partial charge in [0.25, 0.3) is 5.91 Å². The van der Waals surface area contributed by atoms with Crippen molar-refractivity contribution >= 4 is 39.1 Å². The minimum absolute atomic E-state index is 0.00877. The Morgan fingerprint density at radius 3 is 2.72 bits per heavy atom. The predicted molar refractivity (Wildman–Crippen MR) is 180 cm³/mol. The molecule has 2 aromatic carbocycles. The summed E-state index contributed by atoms with van der Waals surface area (Å²) < 4.78 is 47.1. The average molecular weight is 685 g/mol. The van der Waals surface area contributed by atoms with E-state index in [4.69, 9.17) is 21.1 Å². The van der Waals surface area contributed by atoms with Crippen LogP contribution in [0.2, 0.25) is 5.02 Å². The molecular formula is C35H42ClFN4O5S. The molecule has 2 saturated carbocycles. The van der Waals surface area contributed by atoms with Gasteiger partial charge >= 0.3 is 6.03 Å². The Morgan fingerprint density at radius 2 is 2.00 bits per heavy atom. The van der Waals surface area contributed by atoms with Crippen molar-refractivity contribution in [3.63, 3.8) is 0 Å². The number of urea groups is 1. The Kier molecular flexibility index (Phi) is 9.23. The quantitative estimate of drug-likeness (QED) is 0.363. The number of anilines is 1. The first kappa shape index (κ1) is 32.4. The standard InChI is InChI=1S/C35H42ClFN4O5S/c1-45-33-29-10-6-24(29)19-41-18-23-5-9-26(36)14-21(23)4-2-3-13-46-32-12-8-22(15-31(32)41)34(42)39-47(44,20-25-7-11-30(25)33)40-35(43)38-28-16-27(37)17-28/h5,8-9,11-12,14-15,24-25,27-29,33H,2-4,6-7,10,13,16-20H2,1H3,(H2,38,39,40,42,43,44)/t24-,25+,27?,28?,29+,33+,47?/m0/s1. The van der Waals surface area contributed by atoms with Crippen LogP contribution in [0.4, 0.5) is 14.9 Å². The molecule has 2 heterocycles. The molecule has 12 heteroatoms. The number of methoxy groups -OCH3 is 1. The van der Waals surface area contributed by atoms with Crippen molar-refractivity contribution < 1.29 is 27.7 Å². The summed E-state index contributed by atoms with van der Waals surface area (Å²) >= 11 is 6.44. The second-order valence-electron chi connectivity index (χ2n) is 13.6. The van der Waals surface area contributed by atoms with E-state index in [-0.39, 0.29) is 48.1 Å². The van der Waals surface area contributed by atoms with Crippen LogP contribution >= 0.6 is 11.6 Å². The summed E-state index contributed by atoms with van der Waals surface area (Å²) in [5.41, 5.74) is 4.47. The van der Waals surface area contributed by atoms with Crippen LogP contribution in [0.15, 0.2) is 52.4 Å². The molecule has 47 heavy (non-hydrogen) atoms. The molecular weight excluding hydrogens is 643 g/mol. The van der Waals surface area contributed by atoms with Crippen LogP contribution in [-0.4, -0.2) is 60.5 Å². The highest BCUT2D eigenvalue weighted by Gasteiger charge is 2.44. The molecule has 2 aliphatic heterocycles. The predicted octanol–water partition coefficient (Wildman–Crippen LogP) is 6.39. The number of nitrogens with zero attached hydrogens (tertiary/aromatic N) is 2. The third-order valence-corrected chi connectivity index (χ3v) is 12.6. The SMILES string of the molecule is CO[C@H]1C2=CC[C@@H]2CS(=O)(NC(=O)NC2CC(F)C2)=NC(=O)c2ccc3c(c2)N(Cc2ccc(Cl)cc2CCCCO3)C[C@@H]2CC[C@H]21. The molecule has 5 aliphatic rings. The van der Waals surface area contributed by atoms with E-state index in [9.17, 15) is 18.2 Å². The minimum atomic E-state index is -3.56. The second kappa shape index (κ2) is 13.4. The van der Waals surface area contributed by atoms with Crippen molar-refractivity contribution in [3.05, 3.63) is 69.8 Å². The van der Waals surface area contributed by atoms with Gasteiger partial charge in [-0.05, 0) is 116 Å².